The number of amides is 2. The van der Waals surface area contributed by atoms with Gasteiger partial charge in [-0.1, -0.05) is 71.7 Å². The van der Waals surface area contributed by atoms with Gasteiger partial charge in [0.1, 0.15) is 19.0 Å². The van der Waals surface area contributed by atoms with Crippen LogP contribution in [0.4, 0.5) is 4.79 Å². The lowest BCUT2D eigenvalue weighted by molar-refractivity contribution is -0.136. The first-order valence-electron chi connectivity index (χ1n) is 15.0. The van der Waals surface area contributed by atoms with E-state index < -0.39 is 24.3 Å². The molecule has 11 nitrogen and oxygen atoms in total. The molecule has 5 rings (SSSR count). The maximum Gasteiger partial charge on any atom is 0.337 e. The average molecular weight is 694 g/mol. The standard InChI is InChI=1S/C35H34Cl2N4O7/c1-4-46-29-15-22(32-31(34(43)45-3)20(2)39-35(44)40-32)12-13-28(29)47-19-30(42)41-38-17-24-14-25(36)16-27(37)33(24)48-18-23-10-7-9-21-8-5-6-11-26(21)23/h5-17,30,32,41-42H,4,18-19H2,1-3H3,(H2,39,40,44)/b38-17+/t30-,32-/m0/s1. The van der Waals surface area contributed by atoms with Crippen LogP contribution in [0.15, 0.2) is 89.2 Å². The van der Waals surface area contributed by atoms with Gasteiger partial charge in [-0.15, -0.1) is 0 Å². The largest absolute Gasteiger partial charge is 0.490 e. The highest BCUT2D eigenvalue weighted by molar-refractivity contribution is 6.36. The molecule has 0 radical (unpaired) electrons. The minimum Gasteiger partial charge on any atom is -0.490 e. The van der Waals surface area contributed by atoms with Gasteiger partial charge in [-0.05, 0) is 60.0 Å². The number of benzene rings is 4. The lowest BCUT2D eigenvalue weighted by Gasteiger charge is -2.28. The zero-order chi connectivity index (χ0) is 34.2. The number of urea groups is 1. The van der Waals surface area contributed by atoms with Crippen molar-refractivity contribution in [2.24, 2.45) is 5.10 Å². The Morgan fingerprint density at radius 3 is 2.62 bits per heavy atom. The highest BCUT2D eigenvalue weighted by atomic mass is 35.5. The fourth-order valence-electron chi connectivity index (χ4n) is 5.21. The number of nitrogens with one attached hydrogen (secondary N) is 3. The van der Waals surface area contributed by atoms with Crippen molar-refractivity contribution in [1.82, 2.24) is 16.1 Å². The van der Waals surface area contributed by atoms with Gasteiger partial charge in [0, 0.05) is 16.3 Å². The van der Waals surface area contributed by atoms with Gasteiger partial charge in [0.25, 0.3) is 0 Å². The summed E-state index contributed by atoms with van der Waals surface area (Å²) in [7, 11) is 1.27. The first-order valence-corrected chi connectivity index (χ1v) is 15.7. The second-order valence-corrected chi connectivity index (χ2v) is 11.5. The first-order chi connectivity index (χ1) is 23.2. The molecule has 0 aromatic heterocycles. The number of halogens is 2. The van der Waals surface area contributed by atoms with Gasteiger partial charge >= 0.3 is 12.0 Å². The van der Waals surface area contributed by atoms with Crippen LogP contribution in [0.2, 0.25) is 10.0 Å². The number of fused-ring (bicyclic) bond motifs is 1. The quantitative estimate of drug-likeness (QED) is 0.0559. The summed E-state index contributed by atoms with van der Waals surface area (Å²) in [5, 5.41) is 23.0. The molecule has 0 aliphatic carbocycles. The van der Waals surface area contributed by atoms with E-state index in [-0.39, 0.29) is 18.8 Å². The Morgan fingerprint density at radius 1 is 1.04 bits per heavy atom. The lowest BCUT2D eigenvalue weighted by Crippen LogP contribution is -2.45. The summed E-state index contributed by atoms with van der Waals surface area (Å²) in [5.74, 6) is 0.484. The fourth-order valence-corrected chi connectivity index (χ4v) is 5.78. The lowest BCUT2D eigenvalue weighted by atomic mass is 9.95. The fraction of sp³-hybridized carbons (Fsp3) is 0.229. The Morgan fingerprint density at radius 2 is 1.83 bits per heavy atom. The van der Waals surface area contributed by atoms with E-state index in [9.17, 15) is 14.7 Å². The van der Waals surface area contributed by atoms with E-state index in [2.05, 4.69) is 21.2 Å². The average Bonchev–Trinajstić information content (AvgIpc) is 3.06. The Kier molecular flexibility index (Phi) is 11.3. The molecule has 0 bridgehead atoms. The normalized spacial score (nSPS) is 15.1. The molecule has 1 aliphatic heterocycles. The molecular weight excluding hydrogens is 659 g/mol. The second-order valence-electron chi connectivity index (χ2n) is 10.6. The number of rotatable bonds is 13. The summed E-state index contributed by atoms with van der Waals surface area (Å²) in [4.78, 5) is 24.7. The molecule has 2 atom stereocenters. The molecule has 1 aliphatic rings. The molecule has 4 N–H and O–H groups in total. The van der Waals surface area contributed by atoms with Gasteiger partial charge < -0.3 is 34.7 Å². The first kappa shape index (κ1) is 34.4. The van der Waals surface area contributed by atoms with Crippen molar-refractivity contribution in [2.75, 3.05) is 20.3 Å². The van der Waals surface area contributed by atoms with Crippen LogP contribution in [0, 0.1) is 0 Å². The van der Waals surface area contributed by atoms with Crippen LogP contribution < -0.4 is 30.3 Å². The van der Waals surface area contributed by atoms with Crippen LogP contribution in [0.5, 0.6) is 17.2 Å². The zero-order valence-corrected chi connectivity index (χ0v) is 27.9. The SMILES string of the molecule is CCOc1cc([C@@H]2NC(=O)NC(C)=C2C(=O)OC)ccc1OC[C@H](O)N/N=C/c1cc(Cl)cc(Cl)c1OCc1cccc2ccccc12. The van der Waals surface area contributed by atoms with E-state index in [1.807, 2.05) is 42.5 Å². The van der Waals surface area contributed by atoms with E-state index in [0.29, 0.717) is 50.7 Å². The number of carbonyl (C=O) groups is 2. The third-order valence-corrected chi connectivity index (χ3v) is 7.89. The Hall–Kier alpha value is -4.97. The third-order valence-electron chi connectivity index (χ3n) is 7.39. The number of methoxy groups -OCH3 is 1. The van der Waals surface area contributed by atoms with Crippen molar-refractivity contribution in [3.8, 4) is 17.2 Å². The molecule has 250 valence electrons. The van der Waals surface area contributed by atoms with Crippen molar-refractivity contribution in [2.45, 2.75) is 32.7 Å². The number of nitrogens with zero attached hydrogens (tertiary/aromatic N) is 1. The molecule has 4 aromatic carbocycles. The van der Waals surface area contributed by atoms with Crippen molar-refractivity contribution in [3.05, 3.63) is 111 Å². The zero-order valence-electron chi connectivity index (χ0n) is 26.4. The number of esters is 1. The van der Waals surface area contributed by atoms with E-state index >= 15 is 0 Å². The molecule has 2 amide bonds. The van der Waals surface area contributed by atoms with Crippen molar-refractivity contribution >= 4 is 52.2 Å². The monoisotopic (exact) mass is 692 g/mol. The van der Waals surface area contributed by atoms with Gasteiger partial charge in [-0.25, -0.2) is 9.59 Å². The molecule has 48 heavy (non-hydrogen) atoms. The predicted octanol–water partition coefficient (Wildman–Crippen LogP) is 6.25. The highest BCUT2D eigenvalue weighted by Crippen LogP contribution is 2.35. The van der Waals surface area contributed by atoms with Crippen LogP contribution in [0.25, 0.3) is 10.8 Å². The minimum atomic E-state index is -1.22. The number of aliphatic hydroxyl groups excluding tert-OH is 1. The second kappa shape index (κ2) is 15.7. The summed E-state index contributed by atoms with van der Waals surface area (Å²) in [5.41, 5.74) is 5.32. The third kappa shape index (κ3) is 8.11. The number of hydrogen-bond acceptors (Lipinski definition) is 9. The topological polar surface area (TPSA) is 140 Å². The molecule has 0 spiro atoms. The Labute approximate surface area is 287 Å². The van der Waals surface area contributed by atoms with Crippen LogP contribution in [0.1, 0.15) is 36.6 Å². The van der Waals surface area contributed by atoms with Crippen LogP contribution in [-0.2, 0) is 16.1 Å². The summed E-state index contributed by atoms with van der Waals surface area (Å²) < 4.78 is 22.7. The van der Waals surface area contributed by atoms with E-state index in [1.165, 1.54) is 13.3 Å². The number of ether oxygens (including phenoxy) is 4. The maximum atomic E-state index is 12.5. The van der Waals surface area contributed by atoms with Crippen molar-refractivity contribution in [1.29, 1.82) is 0 Å². The number of allylic oxidation sites excluding steroid dienone is 1. The molecule has 0 fully saturated rings. The van der Waals surface area contributed by atoms with Gasteiger partial charge in [-0.3, -0.25) is 5.43 Å². The summed E-state index contributed by atoms with van der Waals surface area (Å²) in [6.07, 6.45) is 0.229. The number of hydrazone groups is 1. The number of hydrogen-bond donors (Lipinski definition) is 4. The molecule has 13 heteroatoms. The molecular formula is C35H34Cl2N4O7. The molecule has 1 heterocycles. The predicted molar refractivity (Wildman–Crippen MR) is 184 cm³/mol. The summed E-state index contributed by atoms with van der Waals surface area (Å²) in [6.45, 7) is 3.80. The molecule has 0 saturated heterocycles. The van der Waals surface area contributed by atoms with Crippen molar-refractivity contribution in [3.63, 3.8) is 0 Å². The Bertz CT molecular complexity index is 1880. The smallest absolute Gasteiger partial charge is 0.337 e. The van der Waals surface area contributed by atoms with Crippen LogP contribution >= 0.6 is 23.2 Å². The van der Waals surface area contributed by atoms with E-state index in [0.717, 1.165) is 16.3 Å². The highest BCUT2D eigenvalue weighted by Gasteiger charge is 2.32. The van der Waals surface area contributed by atoms with Gasteiger partial charge in [0.15, 0.2) is 17.7 Å². The minimum absolute atomic E-state index is 0.200. The maximum absolute atomic E-state index is 12.5. The number of aliphatic hydroxyl groups is 1. The van der Waals surface area contributed by atoms with Crippen LogP contribution in [-0.4, -0.2) is 49.9 Å². The summed E-state index contributed by atoms with van der Waals surface area (Å²) in [6, 6.07) is 21.0. The molecule has 0 saturated carbocycles. The van der Waals surface area contributed by atoms with E-state index in [4.69, 9.17) is 42.1 Å². The van der Waals surface area contributed by atoms with Gasteiger partial charge in [-0.2, -0.15) is 5.10 Å². The van der Waals surface area contributed by atoms with Gasteiger partial charge in [0.05, 0.1) is 36.6 Å². The van der Waals surface area contributed by atoms with Gasteiger partial charge in [0.2, 0.25) is 0 Å². The van der Waals surface area contributed by atoms with Crippen molar-refractivity contribution < 1.29 is 33.6 Å². The Balaban J connectivity index is 1.25. The molecule has 4 aromatic rings. The number of carbonyl (C=O) groups excluding carboxylic acids is 2. The summed E-state index contributed by atoms with van der Waals surface area (Å²) >= 11 is 12.8. The molecule has 0 unspecified atom stereocenters. The van der Waals surface area contributed by atoms with E-state index in [1.54, 1.807) is 44.2 Å². The van der Waals surface area contributed by atoms with Crippen LogP contribution in [0.3, 0.4) is 0 Å².